The van der Waals surface area contributed by atoms with Gasteiger partial charge in [0.25, 0.3) is 0 Å². The van der Waals surface area contributed by atoms with Gasteiger partial charge in [0, 0.05) is 53.9 Å². The molecule has 0 amide bonds. The number of hydrogen-bond donors (Lipinski definition) is 0. The molecule has 0 saturated heterocycles. The van der Waals surface area contributed by atoms with Gasteiger partial charge in [0.15, 0.2) is 0 Å². The Labute approximate surface area is 369 Å². The third-order valence-electron chi connectivity index (χ3n) is 13.4. The maximum absolute atomic E-state index is 6.54. The number of thiophene rings is 1. The summed E-state index contributed by atoms with van der Waals surface area (Å²) in [6.07, 6.45) is 0. The average Bonchev–Trinajstić information content (AvgIpc) is 4.08. The molecule has 0 spiro atoms. The molecule has 3 nitrogen and oxygen atoms in total. The van der Waals surface area contributed by atoms with Crippen LogP contribution in [0.4, 0.5) is 17.1 Å². The molecule has 0 aliphatic heterocycles. The van der Waals surface area contributed by atoms with Crippen LogP contribution in [0.5, 0.6) is 0 Å². The minimum Gasteiger partial charge on any atom is -0.455 e. The number of benzene rings is 9. The van der Waals surface area contributed by atoms with Gasteiger partial charge in [0.2, 0.25) is 0 Å². The minimum absolute atomic E-state index is 0.104. The molecule has 0 N–H and O–H groups in total. The molecule has 13 rings (SSSR count). The Bertz CT molecular complexity index is 3720. The summed E-state index contributed by atoms with van der Waals surface area (Å²) >= 11 is 1.85. The lowest BCUT2D eigenvalue weighted by Gasteiger charge is -2.28. The van der Waals surface area contributed by atoms with Gasteiger partial charge in [-0.05, 0) is 129 Å². The molecule has 12 aromatic rings. The van der Waals surface area contributed by atoms with E-state index in [4.69, 9.17) is 4.42 Å². The third-order valence-corrected chi connectivity index (χ3v) is 14.6. The zero-order valence-electron chi connectivity index (χ0n) is 34.8. The molecule has 9 aromatic carbocycles. The summed E-state index contributed by atoms with van der Waals surface area (Å²) in [4.78, 5) is 3.69. The molecule has 4 heteroatoms. The number of hydrogen-bond acceptors (Lipinski definition) is 3. The van der Waals surface area contributed by atoms with Gasteiger partial charge in [0.05, 0.1) is 16.4 Å². The molecule has 0 unspecified atom stereocenters. The van der Waals surface area contributed by atoms with Gasteiger partial charge in [-0.25, -0.2) is 0 Å². The fraction of sp³-hybridized carbons (Fsp3) is 0.0508. The predicted octanol–water partition coefficient (Wildman–Crippen LogP) is 17.0. The van der Waals surface area contributed by atoms with Crippen molar-refractivity contribution in [2.75, 3.05) is 4.90 Å². The monoisotopic (exact) mass is 824 g/mol. The van der Waals surface area contributed by atoms with Gasteiger partial charge in [0.1, 0.15) is 11.2 Å². The second-order valence-corrected chi connectivity index (χ2v) is 18.4. The Morgan fingerprint density at radius 2 is 1.11 bits per heavy atom. The SMILES string of the molecule is CC1(C)c2ccccc2-c2ccc(N(c3ccc(-c4ccc(-n5c6ccccc6c6c7oc8ccccc8c7ccc65)cc4)cc3)c3ccc(-c4cc5ccccc5s4)cc3)cc21. The van der Waals surface area contributed by atoms with Gasteiger partial charge < -0.3 is 13.9 Å². The van der Waals surface area contributed by atoms with Crippen molar-refractivity contribution in [3.8, 4) is 38.4 Å². The second kappa shape index (κ2) is 13.7. The molecular weight excluding hydrogens is 785 g/mol. The molecule has 0 atom stereocenters. The van der Waals surface area contributed by atoms with Crippen molar-refractivity contribution in [3.05, 3.63) is 217 Å². The van der Waals surface area contributed by atoms with E-state index in [1.54, 1.807) is 0 Å². The van der Waals surface area contributed by atoms with Crippen LogP contribution >= 0.6 is 11.3 Å². The average molecular weight is 825 g/mol. The molecule has 3 heterocycles. The van der Waals surface area contributed by atoms with Gasteiger partial charge in [-0.2, -0.15) is 0 Å². The Balaban J connectivity index is 0.876. The van der Waals surface area contributed by atoms with E-state index >= 15 is 0 Å². The van der Waals surface area contributed by atoms with E-state index in [9.17, 15) is 0 Å². The van der Waals surface area contributed by atoms with Crippen LogP contribution in [0.25, 0.3) is 92.2 Å². The lowest BCUT2D eigenvalue weighted by Crippen LogP contribution is -2.16. The van der Waals surface area contributed by atoms with Gasteiger partial charge in [-0.3, -0.25) is 0 Å². The molecule has 0 bridgehead atoms. The molecule has 1 aliphatic carbocycles. The van der Waals surface area contributed by atoms with Crippen molar-refractivity contribution >= 4 is 82.2 Å². The minimum atomic E-state index is -0.104. The second-order valence-electron chi connectivity index (χ2n) is 17.3. The number of nitrogens with zero attached hydrogens (tertiary/aromatic N) is 2. The summed E-state index contributed by atoms with van der Waals surface area (Å²) < 4.78 is 10.2. The molecule has 298 valence electrons. The van der Waals surface area contributed by atoms with Crippen LogP contribution in [-0.4, -0.2) is 4.57 Å². The summed E-state index contributed by atoms with van der Waals surface area (Å²) in [6.45, 7) is 4.71. The van der Waals surface area contributed by atoms with Crippen LogP contribution < -0.4 is 4.90 Å². The van der Waals surface area contributed by atoms with E-state index in [0.717, 1.165) is 61.1 Å². The topological polar surface area (TPSA) is 21.3 Å². The Morgan fingerprint density at radius 1 is 0.476 bits per heavy atom. The highest BCUT2D eigenvalue weighted by atomic mass is 32.1. The van der Waals surface area contributed by atoms with Crippen LogP contribution in [-0.2, 0) is 5.41 Å². The molecule has 3 aromatic heterocycles. The van der Waals surface area contributed by atoms with E-state index in [2.05, 4.69) is 224 Å². The lowest BCUT2D eigenvalue weighted by atomic mass is 9.82. The largest absolute Gasteiger partial charge is 0.455 e. The maximum Gasteiger partial charge on any atom is 0.145 e. The number of anilines is 3. The molecular formula is C59H40N2OS. The summed E-state index contributed by atoms with van der Waals surface area (Å²) in [5, 5.41) is 5.92. The number of aromatic nitrogens is 1. The third kappa shape index (κ3) is 5.51. The number of rotatable bonds is 6. The molecule has 0 saturated carbocycles. The van der Waals surface area contributed by atoms with E-state index < -0.39 is 0 Å². The quantitative estimate of drug-likeness (QED) is 0.167. The number of furan rings is 1. The van der Waals surface area contributed by atoms with Crippen molar-refractivity contribution in [3.63, 3.8) is 0 Å². The van der Waals surface area contributed by atoms with Gasteiger partial charge in [-0.1, -0.05) is 135 Å². The van der Waals surface area contributed by atoms with Gasteiger partial charge >= 0.3 is 0 Å². The Morgan fingerprint density at radius 3 is 1.90 bits per heavy atom. The molecule has 0 radical (unpaired) electrons. The van der Waals surface area contributed by atoms with Crippen molar-refractivity contribution < 1.29 is 4.42 Å². The van der Waals surface area contributed by atoms with E-state index in [1.165, 1.54) is 59.3 Å². The number of para-hydroxylation sites is 2. The van der Waals surface area contributed by atoms with E-state index in [-0.39, 0.29) is 5.41 Å². The van der Waals surface area contributed by atoms with Crippen LogP contribution in [0.2, 0.25) is 0 Å². The summed E-state index contributed by atoms with van der Waals surface area (Å²) in [5.74, 6) is 0. The zero-order valence-corrected chi connectivity index (χ0v) is 35.7. The van der Waals surface area contributed by atoms with Crippen LogP contribution in [0.3, 0.4) is 0 Å². The van der Waals surface area contributed by atoms with E-state index in [0.29, 0.717) is 0 Å². The van der Waals surface area contributed by atoms with E-state index in [1.807, 2.05) is 17.4 Å². The standard InChI is InChI=1S/C59H40N2OS/c1-59(2)50-15-7-4-12-45(50)46-32-31-44(36-51(46)59)60(42-29-23-39(24-30-42)56-35-40-11-3-10-18-55(40)63-56)41-25-19-37(20-26-41)38-21-27-43(28-22-38)61-52-16-8-5-14-49(52)57-53(61)34-33-48-47-13-6-9-17-54(47)62-58(48)57/h3-36H,1-2H3. The van der Waals surface area contributed by atoms with Crippen LogP contribution in [0.1, 0.15) is 25.0 Å². The Kier molecular flexibility index (Phi) is 7.82. The summed E-state index contributed by atoms with van der Waals surface area (Å²) in [5.41, 5.74) is 17.5. The zero-order chi connectivity index (χ0) is 41.8. The first kappa shape index (κ1) is 36.0. The van der Waals surface area contributed by atoms with Crippen molar-refractivity contribution in [1.29, 1.82) is 0 Å². The highest BCUT2D eigenvalue weighted by Crippen LogP contribution is 2.51. The Hall–Kier alpha value is -7.66. The van der Waals surface area contributed by atoms with Crippen molar-refractivity contribution in [1.82, 2.24) is 4.57 Å². The summed E-state index contributed by atoms with van der Waals surface area (Å²) in [6, 6.07) is 75.4. The molecule has 1 aliphatic rings. The van der Waals surface area contributed by atoms with Crippen LogP contribution in [0, 0.1) is 0 Å². The normalized spacial score (nSPS) is 13.0. The molecule has 0 fully saturated rings. The number of fused-ring (bicyclic) bond motifs is 11. The summed E-state index contributed by atoms with van der Waals surface area (Å²) in [7, 11) is 0. The fourth-order valence-electron chi connectivity index (χ4n) is 10.3. The lowest BCUT2D eigenvalue weighted by molar-refractivity contribution is 0.660. The van der Waals surface area contributed by atoms with Crippen molar-refractivity contribution in [2.24, 2.45) is 0 Å². The first-order valence-electron chi connectivity index (χ1n) is 21.7. The first-order valence-corrected chi connectivity index (χ1v) is 22.5. The van der Waals surface area contributed by atoms with Gasteiger partial charge in [-0.15, -0.1) is 11.3 Å². The molecule has 63 heavy (non-hydrogen) atoms. The fourth-order valence-corrected chi connectivity index (χ4v) is 11.4. The van der Waals surface area contributed by atoms with Crippen LogP contribution in [0.15, 0.2) is 211 Å². The highest BCUT2D eigenvalue weighted by molar-refractivity contribution is 7.22. The predicted molar refractivity (Wildman–Crippen MR) is 267 cm³/mol. The first-order chi connectivity index (χ1) is 31.0. The highest BCUT2D eigenvalue weighted by Gasteiger charge is 2.35. The van der Waals surface area contributed by atoms with Crippen molar-refractivity contribution in [2.45, 2.75) is 19.3 Å². The smallest absolute Gasteiger partial charge is 0.145 e. The maximum atomic E-state index is 6.54.